The van der Waals surface area contributed by atoms with Crippen LogP contribution in [0.5, 0.6) is 5.88 Å². The number of aromatic amines is 1. The van der Waals surface area contributed by atoms with Crippen molar-refractivity contribution in [3.8, 4) is 5.88 Å². The zero-order valence-corrected chi connectivity index (χ0v) is 15.0. The van der Waals surface area contributed by atoms with E-state index in [-0.39, 0.29) is 22.8 Å². The summed E-state index contributed by atoms with van der Waals surface area (Å²) in [6, 6.07) is 0. The highest BCUT2D eigenvalue weighted by molar-refractivity contribution is 6.04. The summed E-state index contributed by atoms with van der Waals surface area (Å²) in [5.74, 6) is 0.323. The van der Waals surface area contributed by atoms with Gasteiger partial charge in [-0.25, -0.2) is 4.98 Å². The van der Waals surface area contributed by atoms with Crippen molar-refractivity contribution in [2.75, 3.05) is 43.1 Å². The number of H-pyrrole nitrogens is 1. The quantitative estimate of drug-likeness (QED) is 0.780. The minimum atomic E-state index is -0.469. The van der Waals surface area contributed by atoms with Crippen LogP contribution in [0.2, 0.25) is 0 Å². The molecule has 3 heterocycles. The van der Waals surface area contributed by atoms with Gasteiger partial charge in [0.15, 0.2) is 0 Å². The Bertz CT molecular complexity index is 738. The number of morpholine rings is 1. The van der Waals surface area contributed by atoms with Gasteiger partial charge in [0.2, 0.25) is 11.8 Å². The summed E-state index contributed by atoms with van der Waals surface area (Å²) in [5.41, 5.74) is 0.113. The number of amides is 1. The van der Waals surface area contributed by atoms with Gasteiger partial charge in [0.05, 0.1) is 19.8 Å². The topological polar surface area (TPSA) is 131 Å². The predicted octanol–water partition coefficient (Wildman–Crippen LogP) is 0.503. The van der Waals surface area contributed by atoms with Gasteiger partial charge in [-0.15, -0.1) is 5.10 Å². The van der Waals surface area contributed by atoms with Gasteiger partial charge >= 0.3 is 0 Å². The zero-order chi connectivity index (χ0) is 18.6. The summed E-state index contributed by atoms with van der Waals surface area (Å²) >= 11 is 0. The lowest BCUT2D eigenvalue weighted by molar-refractivity contribution is 0.101. The maximum Gasteiger partial charge on any atom is 0.270 e. The molecule has 0 saturated carbocycles. The van der Waals surface area contributed by atoms with E-state index in [2.05, 4.69) is 35.9 Å². The Kier molecular flexibility index (Phi) is 5.26. The van der Waals surface area contributed by atoms with Gasteiger partial charge in [-0.3, -0.25) is 10.1 Å². The fraction of sp³-hybridized carbons (Fsp3) is 0.600. The van der Waals surface area contributed by atoms with E-state index in [0.29, 0.717) is 38.9 Å². The van der Waals surface area contributed by atoms with Crippen molar-refractivity contribution < 1.29 is 14.3 Å². The second-order valence-electron chi connectivity index (χ2n) is 7.03. The number of rotatable bonds is 5. The van der Waals surface area contributed by atoms with Crippen LogP contribution in [0, 0.1) is 5.41 Å². The van der Waals surface area contributed by atoms with Crippen molar-refractivity contribution in [3.05, 3.63) is 11.8 Å². The number of carbonyl (C=O) groups excluding carboxylic acids is 1. The van der Waals surface area contributed by atoms with Crippen LogP contribution in [0.25, 0.3) is 0 Å². The average Bonchev–Trinajstić information content (AvgIpc) is 3.13. The van der Waals surface area contributed by atoms with Crippen molar-refractivity contribution in [1.29, 1.82) is 0 Å². The maximum absolute atomic E-state index is 12.5. The van der Waals surface area contributed by atoms with E-state index in [9.17, 15) is 4.79 Å². The van der Waals surface area contributed by atoms with Crippen molar-refractivity contribution in [2.45, 2.75) is 20.8 Å². The van der Waals surface area contributed by atoms with Gasteiger partial charge in [-0.1, -0.05) is 25.9 Å². The van der Waals surface area contributed by atoms with Crippen LogP contribution in [-0.4, -0.2) is 69.4 Å². The molecular weight excluding hydrogens is 340 g/mol. The van der Waals surface area contributed by atoms with Gasteiger partial charge in [0, 0.05) is 19.3 Å². The number of anilines is 2. The number of tetrazole rings is 1. The highest BCUT2D eigenvalue weighted by atomic mass is 16.5. The smallest absolute Gasteiger partial charge is 0.270 e. The molecule has 2 aromatic heterocycles. The van der Waals surface area contributed by atoms with Crippen LogP contribution in [0.15, 0.2) is 6.20 Å². The summed E-state index contributed by atoms with van der Waals surface area (Å²) in [7, 11) is 0. The second-order valence-corrected chi connectivity index (χ2v) is 7.03. The molecular formula is C15H22N8O3. The number of aromatic nitrogens is 6. The molecule has 2 N–H and O–H groups in total. The largest absolute Gasteiger partial charge is 0.476 e. The number of hydrogen-bond acceptors (Lipinski definition) is 9. The first-order valence-corrected chi connectivity index (χ1v) is 8.30. The number of nitrogens with one attached hydrogen (secondary N) is 2. The van der Waals surface area contributed by atoms with Crippen molar-refractivity contribution in [1.82, 2.24) is 30.6 Å². The van der Waals surface area contributed by atoms with E-state index in [1.165, 1.54) is 6.20 Å². The molecule has 0 aromatic carbocycles. The zero-order valence-electron chi connectivity index (χ0n) is 15.0. The van der Waals surface area contributed by atoms with Crippen molar-refractivity contribution in [3.63, 3.8) is 0 Å². The first-order valence-electron chi connectivity index (χ1n) is 8.30. The van der Waals surface area contributed by atoms with Crippen LogP contribution in [0.3, 0.4) is 0 Å². The molecule has 1 fully saturated rings. The predicted molar refractivity (Wildman–Crippen MR) is 92.1 cm³/mol. The van der Waals surface area contributed by atoms with Gasteiger partial charge in [0.1, 0.15) is 5.56 Å². The molecule has 1 aliphatic rings. The van der Waals surface area contributed by atoms with Gasteiger partial charge in [0.25, 0.3) is 11.9 Å². The molecule has 0 unspecified atom stereocenters. The molecule has 0 spiro atoms. The lowest BCUT2D eigenvalue weighted by Gasteiger charge is -2.27. The third-order valence-electron chi connectivity index (χ3n) is 3.49. The summed E-state index contributed by atoms with van der Waals surface area (Å²) in [4.78, 5) is 23.3. The number of nitrogens with zero attached hydrogens (tertiary/aromatic N) is 6. The van der Waals surface area contributed by atoms with Crippen molar-refractivity contribution >= 4 is 17.8 Å². The highest BCUT2D eigenvalue weighted by Crippen LogP contribution is 2.23. The fourth-order valence-electron chi connectivity index (χ4n) is 2.21. The SMILES string of the molecule is CC(C)(C)COc1nc(N2CCOCC2)ncc1C(=O)Nc1nn[nH]n1. The highest BCUT2D eigenvalue weighted by Gasteiger charge is 2.22. The lowest BCUT2D eigenvalue weighted by Crippen LogP contribution is -2.37. The Balaban J connectivity index is 1.84. The minimum Gasteiger partial charge on any atom is -0.476 e. The minimum absolute atomic E-state index is 0.0639. The Labute approximate surface area is 150 Å². The van der Waals surface area contributed by atoms with Crippen LogP contribution in [-0.2, 0) is 4.74 Å². The lowest BCUT2D eigenvalue weighted by atomic mass is 9.99. The summed E-state index contributed by atoms with van der Waals surface area (Å²) in [5, 5.41) is 15.6. The Morgan fingerprint density at radius 1 is 1.38 bits per heavy atom. The van der Waals surface area contributed by atoms with E-state index in [1.54, 1.807) is 0 Å². The normalized spacial score (nSPS) is 15.0. The summed E-state index contributed by atoms with van der Waals surface area (Å²) in [6.07, 6.45) is 1.45. The van der Waals surface area contributed by atoms with E-state index in [1.807, 2.05) is 25.7 Å². The first kappa shape index (κ1) is 18.0. The molecule has 0 atom stereocenters. The van der Waals surface area contributed by atoms with E-state index >= 15 is 0 Å². The molecule has 0 aliphatic carbocycles. The molecule has 11 heteroatoms. The van der Waals surface area contributed by atoms with Crippen LogP contribution in [0.1, 0.15) is 31.1 Å². The molecule has 26 heavy (non-hydrogen) atoms. The number of carbonyl (C=O) groups is 1. The third-order valence-corrected chi connectivity index (χ3v) is 3.49. The van der Waals surface area contributed by atoms with E-state index in [0.717, 1.165) is 0 Å². The van der Waals surface area contributed by atoms with Crippen molar-refractivity contribution in [2.24, 2.45) is 5.41 Å². The monoisotopic (exact) mass is 362 g/mol. The van der Waals surface area contributed by atoms with Crippen LogP contribution < -0.4 is 15.0 Å². The number of ether oxygens (including phenoxy) is 2. The van der Waals surface area contributed by atoms with Crippen LogP contribution in [0.4, 0.5) is 11.9 Å². The van der Waals surface area contributed by atoms with Crippen LogP contribution >= 0.6 is 0 Å². The Morgan fingerprint density at radius 3 is 2.81 bits per heavy atom. The van der Waals surface area contributed by atoms with E-state index in [4.69, 9.17) is 9.47 Å². The molecule has 1 amide bonds. The molecule has 2 aromatic rings. The molecule has 1 saturated heterocycles. The summed E-state index contributed by atoms with van der Waals surface area (Å²) in [6.45, 7) is 9.11. The van der Waals surface area contributed by atoms with Gasteiger partial charge < -0.3 is 14.4 Å². The second kappa shape index (κ2) is 7.60. The molecule has 140 valence electrons. The third kappa shape index (κ3) is 4.63. The molecule has 0 bridgehead atoms. The molecule has 3 rings (SSSR count). The Morgan fingerprint density at radius 2 is 2.15 bits per heavy atom. The molecule has 0 radical (unpaired) electrons. The average molecular weight is 362 g/mol. The standard InChI is InChI=1S/C15H22N8O3/c1-15(2,3)9-26-12-10(11(24)17-13-19-21-22-20-13)8-16-14(18-12)23-4-6-25-7-5-23/h8H,4-7,9H2,1-3H3,(H2,17,19,20,21,22,24). The first-order chi connectivity index (χ1) is 12.4. The fourth-order valence-corrected chi connectivity index (χ4v) is 2.21. The summed E-state index contributed by atoms with van der Waals surface area (Å²) < 4.78 is 11.2. The van der Waals surface area contributed by atoms with Gasteiger partial charge in [-0.05, 0) is 10.6 Å². The molecule has 1 aliphatic heterocycles. The Hall–Kier alpha value is -2.82. The van der Waals surface area contributed by atoms with E-state index < -0.39 is 5.91 Å². The number of hydrogen-bond donors (Lipinski definition) is 2. The molecule has 11 nitrogen and oxygen atoms in total. The maximum atomic E-state index is 12.5. The van der Waals surface area contributed by atoms with Gasteiger partial charge in [-0.2, -0.15) is 10.2 Å².